The fraction of sp³-hybridized carbons (Fsp3) is 0.458. The molecular formula is C24H27F3N4O3. The lowest BCUT2D eigenvalue weighted by Gasteiger charge is -2.37. The Bertz CT molecular complexity index is 1190. The summed E-state index contributed by atoms with van der Waals surface area (Å²) in [7, 11) is 0. The predicted molar refractivity (Wildman–Crippen MR) is 119 cm³/mol. The molecule has 0 bridgehead atoms. The van der Waals surface area contributed by atoms with Crippen molar-refractivity contribution in [2.45, 2.75) is 51.8 Å². The van der Waals surface area contributed by atoms with Crippen molar-refractivity contribution in [3.63, 3.8) is 0 Å². The normalized spacial score (nSPS) is 16.0. The number of ether oxygens (including phenoxy) is 2. The van der Waals surface area contributed by atoms with Gasteiger partial charge in [0.2, 0.25) is 11.9 Å². The van der Waals surface area contributed by atoms with Gasteiger partial charge in [0.1, 0.15) is 22.7 Å². The Kier molecular flexibility index (Phi) is 6.18. The summed E-state index contributed by atoms with van der Waals surface area (Å²) in [6, 6.07) is 3.79. The Morgan fingerprint density at radius 2 is 1.79 bits per heavy atom. The molecular weight excluding hydrogens is 449 g/mol. The number of alkyl halides is 1. The van der Waals surface area contributed by atoms with Crippen molar-refractivity contribution in [1.82, 2.24) is 19.3 Å². The van der Waals surface area contributed by atoms with Gasteiger partial charge in [-0.05, 0) is 27.7 Å². The van der Waals surface area contributed by atoms with Gasteiger partial charge in [0.25, 0.3) is 0 Å². The van der Waals surface area contributed by atoms with Crippen LogP contribution in [0, 0.1) is 11.9 Å². The third kappa shape index (κ3) is 4.80. The van der Waals surface area contributed by atoms with Crippen LogP contribution in [-0.2, 0) is 10.4 Å². The Hall–Kier alpha value is -3.30. The van der Waals surface area contributed by atoms with Gasteiger partial charge >= 0.3 is 6.09 Å². The van der Waals surface area contributed by atoms with Gasteiger partial charge in [0.15, 0.2) is 0 Å². The molecule has 1 saturated heterocycles. The van der Waals surface area contributed by atoms with E-state index in [1.165, 1.54) is 11.1 Å². The van der Waals surface area contributed by atoms with Crippen LogP contribution in [-0.4, -0.2) is 50.7 Å². The SMILES string of the molecule is CCOc1cc2ncc(-c3cc(F)nc(F)c3)n2cc1C1(F)CCN(C(=O)OC(C)(C)C)CC1. The Morgan fingerprint density at radius 1 is 1.15 bits per heavy atom. The number of halogens is 3. The van der Waals surface area contributed by atoms with Crippen LogP contribution in [0.1, 0.15) is 46.1 Å². The maximum atomic E-state index is 16.3. The molecule has 0 unspecified atom stereocenters. The minimum absolute atomic E-state index is 0.0420. The van der Waals surface area contributed by atoms with E-state index in [9.17, 15) is 13.6 Å². The van der Waals surface area contributed by atoms with Gasteiger partial charge in [-0.1, -0.05) is 0 Å². The zero-order valence-corrected chi connectivity index (χ0v) is 19.6. The summed E-state index contributed by atoms with van der Waals surface area (Å²) >= 11 is 0. The lowest BCUT2D eigenvalue weighted by atomic mass is 9.86. The molecule has 10 heteroatoms. The number of carbonyl (C=O) groups is 1. The third-order valence-electron chi connectivity index (χ3n) is 5.66. The van der Waals surface area contributed by atoms with E-state index in [0.717, 1.165) is 12.1 Å². The number of aromatic nitrogens is 3. The minimum Gasteiger partial charge on any atom is -0.493 e. The topological polar surface area (TPSA) is 69.0 Å². The maximum absolute atomic E-state index is 16.3. The Labute approximate surface area is 195 Å². The largest absolute Gasteiger partial charge is 0.493 e. The number of imidazole rings is 1. The van der Waals surface area contributed by atoms with Crippen LogP contribution in [0.4, 0.5) is 18.0 Å². The van der Waals surface area contributed by atoms with Crippen molar-refractivity contribution in [2.24, 2.45) is 0 Å². The third-order valence-corrected chi connectivity index (χ3v) is 5.66. The summed E-state index contributed by atoms with van der Waals surface area (Å²) in [5, 5.41) is 0. The molecule has 0 spiro atoms. The average Bonchev–Trinajstić information content (AvgIpc) is 3.15. The number of rotatable bonds is 4. The van der Waals surface area contributed by atoms with Crippen LogP contribution < -0.4 is 4.74 Å². The second-order valence-electron chi connectivity index (χ2n) is 9.29. The molecule has 0 saturated carbocycles. The van der Waals surface area contributed by atoms with Crippen LogP contribution in [0.5, 0.6) is 5.75 Å². The fourth-order valence-corrected chi connectivity index (χ4v) is 4.08. The summed E-state index contributed by atoms with van der Waals surface area (Å²) in [5.41, 5.74) is -1.09. The molecule has 0 N–H and O–H groups in total. The number of carbonyl (C=O) groups excluding carboxylic acids is 1. The molecule has 0 aliphatic carbocycles. The number of nitrogens with zero attached hydrogens (tertiary/aromatic N) is 4. The van der Waals surface area contributed by atoms with E-state index in [1.807, 2.05) is 0 Å². The number of fused-ring (bicyclic) bond motifs is 1. The molecule has 4 heterocycles. The number of amides is 1. The highest BCUT2D eigenvalue weighted by Gasteiger charge is 2.41. The summed E-state index contributed by atoms with van der Waals surface area (Å²) in [5.74, 6) is -1.59. The standard InChI is InChI=1S/C24H27F3N4O3/c1-5-33-18-12-21-28-13-17(15-10-19(25)29-20(26)11-15)31(21)14-16(18)24(27)6-8-30(9-7-24)22(32)34-23(2,3)4/h10-14H,5-9H2,1-4H3. The molecule has 0 atom stereocenters. The first kappa shape index (κ1) is 23.8. The van der Waals surface area contributed by atoms with Gasteiger partial charge in [0.05, 0.1) is 18.5 Å². The molecule has 1 aliphatic heterocycles. The zero-order chi connectivity index (χ0) is 24.7. The molecule has 3 aromatic rings. The van der Waals surface area contributed by atoms with E-state index in [-0.39, 0.29) is 31.5 Å². The predicted octanol–water partition coefficient (Wildman–Crippen LogP) is 5.27. The highest BCUT2D eigenvalue weighted by molar-refractivity contribution is 5.68. The molecule has 1 amide bonds. The molecule has 0 aromatic carbocycles. The van der Waals surface area contributed by atoms with Crippen LogP contribution in [0.3, 0.4) is 0 Å². The maximum Gasteiger partial charge on any atom is 0.410 e. The van der Waals surface area contributed by atoms with Gasteiger partial charge in [-0.25, -0.2) is 14.2 Å². The smallest absolute Gasteiger partial charge is 0.410 e. The second-order valence-corrected chi connectivity index (χ2v) is 9.29. The van der Waals surface area contributed by atoms with Crippen molar-refractivity contribution in [3.8, 4) is 17.0 Å². The fourth-order valence-electron chi connectivity index (χ4n) is 4.08. The van der Waals surface area contributed by atoms with Crippen LogP contribution in [0.25, 0.3) is 16.9 Å². The highest BCUT2D eigenvalue weighted by Crippen LogP contribution is 2.43. The lowest BCUT2D eigenvalue weighted by molar-refractivity contribution is 0.00162. The van der Waals surface area contributed by atoms with Gasteiger partial charge in [0, 0.05) is 61.5 Å². The average molecular weight is 476 g/mol. The van der Waals surface area contributed by atoms with E-state index < -0.39 is 29.3 Å². The van der Waals surface area contributed by atoms with Crippen molar-refractivity contribution in [1.29, 1.82) is 0 Å². The van der Waals surface area contributed by atoms with Gasteiger partial charge < -0.3 is 14.4 Å². The number of piperidine rings is 1. The van der Waals surface area contributed by atoms with Crippen molar-refractivity contribution >= 4 is 11.7 Å². The summed E-state index contributed by atoms with van der Waals surface area (Å²) in [4.78, 5) is 21.3. The van der Waals surface area contributed by atoms with E-state index in [2.05, 4.69) is 9.97 Å². The summed E-state index contributed by atoms with van der Waals surface area (Å²) in [6.07, 6.45) is 2.62. The molecule has 0 radical (unpaired) electrons. The van der Waals surface area contributed by atoms with Crippen LogP contribution >= 0.6 is 0 Å². The first-order valence-corrected chi connectivity index (χ1v) is 11.1. The molecule has 34 heavy (non-hydrogen) atoms. The van der Waals surface area contributed by atoms with Crippen molar-refractivity contribution < 1.29 is 27.4 Å². The molecule has 1 fully saturated rings. The number of hydrogen-bond acceptors (Lipinski definition) is 5. The van der Waals surface area contributed by atoms with E-state index in [4.69, 9.17) is 9.47 Å². The molecule has 3 aromatic heterocycles. The van der Waals surface area contributed by atoms with E-state index in [1.54, 1.807) is 44.4 Å². The second kappa shape index (κ2) is 8.81. The highest BCUT2D eigenvalue weighted by atomic mass is 19.1. The van der Waals surface area contributed by atoms with Gasteiger partial charge in [-0.15, -0.1) is 0 Å². The van der Waals surface area contributed by atoms with E-state index in [0.29, 0.717) is 29.3 Å². The minimum atomic E-state index is -1.78. The van der Waals surface area contributed by atoms with Gasteiger partial charge in [-0.3, -0.25) is 4.40 Å². The van der Waals surface area contributed by atoms with Crippen LogP contribution in [0.2, 0.25) is 0 Å². The van der Waals surface area contributed by atoms with E-state index >= 15 is 4.39 Å². The van der Waals surface area contributed by atoms with Gasteiger partial charge in [-0.2, -0.15) is 13.8 Å². The first-order valence-electron chi connectivity index (χ1n) is 11.1. The quantitative estimate of drug-likeness (QED) is 0.480. The number of likely N-dealkylation sites (tertiary alicyclic amines) is 1. The Morgan fingerprint density at radius 3 is 2.38 bits per heavy atom. The lowest BCUT2D eigenvalue weighted by Crippen LogP contribution is -2.45. The van der Waals surface area contributed by atoms with Crippen molar-refractivity contribution in [2.75, 3.05) is 19.7 Å². The zero-order valence-electron chi connectivity index (χ0n) is 19.6. The van der Waals surface area contributed by atoms with Crippen LogP contribution in [0.15, 0.2) is 30.6 Å². The molecule has 182 valence electrons. The monoisotopic (exact) mass is 476 g/mol. The number of hydrogen-bond donors (Lipinski definition) is 0. The summed E-state index contributed by atoms with van der Waals surface area (Å²) in [6.45, 7) is 7.80. The first-order chi connectivity index (χ1) is 16.0. The summed E-state index contributed by atoms with van der Waals surface area (Å²) < 4.78 is 56.5. The van der Waals surface area contributed by atoms with Crippen molar-refractivity contribution in [3.05, 3.63) is 48.1 Å². The molecule has 4 rings (SSSR count). The molecule has 1 aliphatic rings. The molecule has 7 nitrogen and oxygen atoms in total. The number of pyridine rings is 2. The Balaban J connectivity index is 1.70.